The summed E-state index contributed by atoms with van der Waals surface area (Å²) in [5.41, 5.74) is 0. The van der Waals surface area contributed by atoms with Crippen LogP contribution in [-0.4, -0.2) is 39.2 Å². The number of hydrogen-bond acceptors (Lipinski definition) is 3. The highest BCUT2D eigenvalue weighted by atomic mass is 32.2. The van der Waals surface area contributed by atoms with Gasteiger partial charge in [0, 0.05) is 6.54 Å². The smallest absolute Gasteiger partial charge is 0.208 e. The van der Waals surface area contributed by atoms with E-state index < -0.39 is 10.0 Å². The SMILES string of the molecule is [CH2-]N1CC[C@H](CNS(C)(=O)=O)C1. The molecule has 1 fully saturated rings. The number of sulfonamides is 1. The van der Waals surface area contributed by atoms with Crippen LogP contribution in [-0.2, 0) is 10.0 Å². The zero-order valence-electron chi connectivity index (χ0n) is 7.28. The maximum Gasteiger partial charge on any atom is 0.208 e. The summed E-state index contributed by atoms with van der Waals surface area (Å²) < 4.78 is 24.0. The van der Waals surface area contributed by atoms with Crippen molar-refractivity contribution >= 4 is 10.0 Å². The summed E-state index contributed by atoms with van der Waals surface area (Å²) in [6.45, 7) is 2.41. The van der Waals surface area contributed by atoms with Crippen LogP contribution in [0, 0.1) is 13.0 Å². The van der Waals surface area contributed by atoms with Crippen molar-refractivity contribution in [1.82, 2.24) is 9.62 Å². The van der Waals surface area contributed by atoms with E-state index in [9.17, 15) is 8.42 Å². The number of nitrogens with zero attached hydrogens (tertiary/aromatic N) is 1. The van der Waals surface area contributed by atoms with Crippen molar-refractivity contribution in [2.75, 3.05) is 25.9 Å². The molecule has 5 heteroatoms. The molecule has 0 amide bonds. The van der Waals surface area contributed by atoms with Crippen molar-refractivity contribution < 1.29 is 8.42 Å². The Morgan fingerprint density at radius 1 is 1.67 bits per heavy atom. The summed E-state index contributed by atoms with van der Waals surface area (Å²) in [6.07, 6.45) is 2.22. The third kappa shape index (κ3) is 3.51. The lowest BCUT2D eigenvalue weighted by molar-refractivity contribution is 0.431. The Morgan fingerprint density at radius 2 is 2.33 bits per heavy atom. The third-order valence-corrected chi connectivity index (χ3v) is 2.70. The van der Waals surface area contributed by atoms with Gasteiger partial charge in [-0.25, -0.2) is 13.1 Å². The molecule has 1 atom stereocenters. The minimum Gasteiger partial charge on any atom is -0.459 e. The van der Waals surface area contributed by atoms with Gasteiger partial charge in [0.1, 0.15) is 0 Å². The summed E-state index contributed by atoms with van der Waals surface area (Å²) in [6, 6.07) is 0. The van der Waals surface area contributed by atoms with Crippen LogP contribution in [0.3, 0.4) is 0 Å². The summed E-state index contributed by atoms with van der Waals surface area (Å²) in [7, 11) is 0.770. The van der Waals surface area contributed by atoms with E-state index in [0.29, 0.717) is 12.5 Å². The molecule has 0 unspecified atom stereocenters. The van der Waals surface area contributed by atoms with Gasteiger partial charge in [-0.05, 0) is 25.4 Å². The third-order valence-electron chi connectivity index (χ3n) is 2.00. The standard InChI is InChI=1S/C7H15N2O2S/c1-9-4-3-7(6-9)5-8-12(2,10)11/h7-8H,1,3-6H2,2H3/q-1/t7-/m1/s1. The van der Waals surface area contributed by atoms with Gasteiger partial charge in [0.25, 0.3) is 0 Å². The van der Waals surface area contributed by atoms with Crippen LogP contribution < -0.4 is 4.72 Å². The van der Waals surface area contributed by atoms with Crippen molar-refractivity contribution in [2.45, 2.75) is 6.42 Å². The van der Waals surface area contributed by atoms with Crippen molar-refractivity contribution in [1.29, 1.82) is 0 Å². The molecule has 72 valence electrons. The highest BCUT2D eigenvalue weighted by molar-refractivity contribution is 7.88. The molecule has 1 rings (SSSR count). The Hall–Kier alpha value is -0.130. The van der Waals surface area contributed by atoms with Crippen molar-refractivity contribution in [3.63, 3.8) is 0 Å². The van der Waals surface area contributed by atoms with Crippen LogP contribution in [0.1, 0.15) is 6.42 Å². The molecule has 0 aromatic heterocycles. The van der Waals surface area contributed by atoms with Crippen LogP contribution in [0.25, 0.3) is 0 Å². The molecule has 0 aromatic carbocycles. The first-order valence-electron chi connectivity index (χ1n) is 3.97. The van der Waals surface area contributed by atoms with Crippen LogP contribution in [0.15, 0.2) is 0 Å². The number of nitrogens with one attached hydrogen (secondary N) is 1. The van der Waals surface area contributed by atoms with Crippen molar-refractivity contribution in [3.05, 3.63) is 7.05 Å². The average molecular weight is 191 g/mol. The van der Waals surface area contributed by atoms with E-state index in [-0.39, 0.29) is 0 Å². The minimum atomic E-state index is -3.02. The number of hydrogen-bond donors (Lipinski definition) is 1. The zero-order valence-corrected chi connectivity index (χ0v) is 8.10. The molecule has 1 aliphatic heterocycles. The Bertz CT molecular complexity index is 238. The monoisotopic (exact) mass is 191 g/mol. The van der Waals surface area contributed by atoms with Crippen LogP contribution in [0.2, 0.25) is 0 Å². The Labute approximate surface area is 74.0 Å². The van der Waals surface area contributed by atoms with Gasteiger partial charge in [-0.1, -0.05) is 0 Å². The fourth-order valence-corrected chi connectivity index (χ4v) is 1.89. The molecule has 0 spiro atoms. The van der Waals surface area contributed by atoms with E-state index in [1.807, 2.05) is 4.90 Å². The molecular formula is C7H15N2O2S-. The lowest BCUT2D eigenvalue weighted by atomic mass is 10.1. The number of rotatable bonds is 3. The maximum absolute atomic E-state index is 10.7. The lowest BCUT2D eigenvalue weighted by Crippen LogP contribution is -2.29. The first kappa shape index (κ1) is 9.95. The highest BCUT2D eigenvalue weighted by Crippen LogP contribution is 2.13. The average Bonchev–Trinajstić information content (AvgIpc) is 2.30. The zero-order chi connectivity index (χ0) is 9.19. The fourth-order valence-electron chi connectivity index (χ4n) is 1.35. The van der Waals surface area contributed by atoms with Gasteiger partial charge < -0.3 is 4.90 Å². The molecule has 1 aliphatic rings. The van der Waals surface area contributed by atoms with Gasteiger partial charge in [0.05, 0.1) is 6.26 Å². The predicted molar refractivity (Wildman–Crippen MR) is 47.9 cm³/mol. The first-order valence-corrected chi connectivity index (χ1v) is 5.86. The second-order valence-corrected chi connectivity index (χ2v) is 5.19. The van der Waals surface area contributed by atoms with E-state index in [4.69, 9.17) is 0 Å². The van der Waals surface area contributed by atoms with Crippen LogP contribution in [0.5, 0.6) is 0 Å². The van der Waals surface area contributed by atoms with E-state index >= 15 is 0 Å². The van der Waals surface area contributed by atoms with Crippen LogP contribution >= 0.6 is 0 Å². The molecule has 0 radical (unpaired) electrons. The number of likely N-dealkylation sites (tertiary alicyclic amines) is 1. The molecular weight excluding hydrogens is 176 g/mol. The fraction of sp³-hybridized carbons (Fsp3) is 0.857. The van der Waals surface area contributed by atoms with Gasteiger partial charge in [-0.2, -0.15) is 0 Å². The molecule has 0 aliphatic carbocycles. The van der Waals surface area contributed by atoms with E-state index in [1.165, 1.54) is 6.26 Å². The van der Waals surface area contributed by atoms with Gasteiger partial charge >= 0.3 is 0 Å². The predicted octanol–water partition coefficient (Wildman–Crippen LogP) is -0.351. The van der Waals surface area contributed by atoms with Gasteiger partial charge in [0.15, 0.2) is 0 Å². The lowest BCUT2D eigenvalue weighted by Gasteiger charge is -2.16. The maximum atomic E-state index is 10.7. The summed E-state index contributed by atoms with van der Waals surface area (Å²) in [5, 5.41) is 0. The Balaban J connectivity index is 2.25. The molecule has 0 aromatic rings. The van der Waals surface area contributed by atoms with E-state index in [1.54, 1.807) is 0 Å². The molecule has 0 bridgehead atoms. The van der Waals surface area contributed by atoms with E-state index in [0.717, 1.165) is 19.5 Å². The summed E-state index contributed by atoms with van der Waals surface area (Å²) >= 11 is 0. The normalized spacial score (nSPS) is 26.3. The minimum absolute atomic E-state index is 0.428. The molecule has 1 N–H and O–H groups in total. The quantitative estimate of drug-likeness (QED) is 0.620. The molecule has 12 heavy (non-hydrogen) atoms. The topological polar surface area (TPSA) is 49.4 Å². The molecule has 0 saturated carbocycles. The van der Waals surface area contributed by atoms with E-state index in [2.05, 4.69) is 11.8 Å². The first-order chi connectivity index (χ1) is 5.47. The van der Waals surface area contributed by atoms with Gasteiger partial charge in [0.2, 0.25) is 10.0 Å². The second-order valence-electron chi connectivity index (χ2n) is 3.35. The molecule has 1 heterocycles. The van der Waals surface area contributed by atoms with Gasteiger partial charge in [-0.3, -0.25) is 7.05 Å². The van der Waals surface area contributed by atoms with Gasteiger partial charge in [-0.15, -0.1) is 0 Å². The van der Waals surface area contributed by atoms with Crippen molar-refractivity contribution in [2.24, 2.45) is 5.92 Å². The second kappa shape index (κ2) is 3.72. The summed E-state index contributed by atoms with van der Waals surface area (Å²) in [4.78, 5) is 1.97. The molecule has 4 nitrogen and oxygen atoms in total. The largest absolute Gasteiger partial charge is 0.459 e. The molecule has 1 saturated heterocycles. The Kier molecular flexibility index (Phi) is 3.09. The highest BCUT2D eigenvalue weighted by Gasteiger charge is 2.16. The van der Waals surface area contributed by atoms with Crippen molar-refractivity contribution in [3.8, 4) is 0 Å². The summed E-state index contributed by atoms with van der Waals surface area (Å²) in [5.74, 6) is 0.428. The van der Waals surface area contributed by atoms with Crippen LogP contribution in [0.4, 0.5) is 0 Å². The Morgan fingerprint density at radius 3 is 2.75 bits per heavy atom.